The number of aryl methyl sites for hydroxylation is 1. The first-order chi connectivity index (χ1) is 13.4. The average molecular weight is 386 g/mol. The number of carbonyl (C=O) groups is 2. The summed E-state index contributed by atoms with van der Waals surface area (Å²) in [6, 6.07) is 12.9. The molecule has 1 atom stereocenters. The van der Waals surface area contributed by atoms with Crippen molar-refractivity contribution in [1.29, 1.82) is 0 Å². The van der Waals surface area contributed by atoms with Gasteiger partial charge in [-0.2, -0.15) is 0 Å². The molecular weight excluding hydrogens is 359 g/mol. The Morgan fingerprint density at radius 1 is 1.14 bits per heavy atom. The van der Waals surface area contributed by atoms with Gasteiger partial charge in [0.05, 0.1) is 0 Å². The van der Waals surface area contributed by atoms with Gasteiger partial charge in [0.15, 0.2) is 18.2 Å². The molecule has 0 fully saturated rings. The highest BCUT2D eigenvalue weighted by atomic mass is 19.1. The number of amides is 2. The van der Waals surface area contributed by atoms with Crippen molar-refractivity contribution in [3.63, 3.8) is 0 Å². The Labute approximate surface area is 165 Å². The van der Waals surface area contributed by atoms with Crippen LogP contribution in [0.2, 0.25) is 0 Å². The molecule has 5 nitrogen and oxygen atoms in total. The average Bonchev–Trinajstić information content (AvgIpc) is 2.70. The smallest absolute Gasteiger partial charge is 0.261 e. The van der Waals surface area contributed by atoms with Gasteiger partial charge in [-0.15, -0.1) is 0 Å². The third-order valence-corrected chi connectivity index (χ3v) is 4.51. The van der Waals surface area contributed by atoms with Crippen molar-refractivity contribution in [3.05, 3.63) is 65.5 Å². The molecule has 0 aliphatic carbocycles. The van der Waals surface area contributed by atoms with Crippen LogP contribution in [0.3, 0.4) is 0 Å². The van der Waals surface area contributed by atoms with Gasteiger partial charge in [-0.3, -0.25) is 9.59 Å². The van der Waals surface area contributed by atoms with Gasteiger partial charge in [-0.05, 0) is 43.5 Å². The predicted octanol–water partition coefficient (Wildman–Crippen LogP) is 3.46. The molecule has 0 spiro atoms. The molecule has 0 unspecified atom stereocenters. The van der Waals surface area contributed by atoms with E-state index in [1.807, 2.05) is 38.1 Å². The molecule has 2 aromatic rings. The fraction of sp³-hybridized carbons (Fsp3) is 0.364. The monoisotopic (exact) mass is 386 g/mol. The number of halogens is 1. The maximum Gasteiger partial charge on any atom is 0.261 e. The van der Waals surface area contributed by atoms with Crippen LogP contribution in [0.5, 0.6) is 5.75 Å². The number of nitrogens with zero attached hydrogens (tertiary/aromatic N) is 1. The Morgan fingerprint density at radius 3 is 2.50 bits per heavy atom. The number of para-hydroxylation sites is 1. The Morgan fingerprint density at radius 2 is 1.82 bits per heavy atom. The first-order valence-corrected chi connectivity index (χ1v) is 9.43. The summed E-state index contributed by atoms with van der Waals surface area (Å²) in [6.45, 7) is 6.07. The summed E-state index contributed by atoms with van der Waals surface area (Å²) < 4.78 is 19.1. The molecule has 2 rings (SSSR count). The lowest BCUT2D eigenvalue weighted by molar-refractivity contribution is -0.142. The van der Waals surface area contributed by atoms with Crippen LogP contribution in [-0.2, 0) is 16.1 Å². The van der Waals surface area contributed by atoms with Gasteiger partial charge in [-0.25, -0.2) is 4.39 Å². The van der Waals surface area contributed by atoms with Crippen molar-refractivity contribution in [2.75, 3.05) is 13.2 Å². The van der Waals surface area contributed by atoms with Gasteiger partial charge in [0.25, 0.3) is 5.91 Å². The van der Waals surface area contributed by atoms with E-state index in [0.717, 1.165) is 17.5 Å². The lowest BCUT2D eigenvalue weighted by Gasteiger charge is -2.29. The van der Waals surface area contributed by atoms with Crippen LogP contribution >= 0.6 is 0 Å². The van der Waals surface area contributed by atoms with Crippen molar-refractivity contribution in [2.45, 2.75) is 39.8 Å². The molecule has 2 aromatic carbocycles. The first-order valence-electron chi connectivity index (χ1n) is 9.43. The number of benzene rings is 2. The van der Waals surface area contributed by atoms with Gasteiger partial charge in [0.1, 0.15) is 6.04 Å². The van der Waals surface area contributed by atoms with Crippen LogP contribution < -0.4 is 10.1 Å². The molecular formula is C22H27FN2O3. The largest absolute Gasteiger partial charge is 0.481 e. The van der Waals surface area contributed by atoms with Crippen LogP contribution in [0, 0.1) is 12.7 Å². The molecule has 0 aliphatic rings. The van der Waals surface area contributed by atoms with E-state index >= 15 is 0 Å². The van der Waals surface area contributed by atoms with Gasteiger partial charge >= 0.3 is 0 Å². The van der Waals surface area contributed by atoms with Gasteiger partial charge in [0.2, 0.25) is 5.91 Å². The molecule has 28 heavy (non-hydrogen) atoms. The maximum absolute atomic E-state index is 13.8. The number of carbonyl (C=O) groups excluding carboxylic acids is 2. The van der Waals surface area contributed by atoms with E-state index in [2.05, 4.69) is 5.32 Å². The number of hydrogen-bond donors (Lipinski definition) is 1. The molecule has 150 valence electrons. The Balaban J connectivity index is 2.16. The normalized spacial score (nSPS) is 11.6. The number of rotatable bonds is 9. The summed E-state index contributed by atoms with van der Waals surface area (Å²) in [5, 5.41) is 2.82. The Hall–Kier alpha value is -2.89. The highest BCUT2D eigenvalue weighted by Crippen LogP contribution is 2.17. The zero-order valence-corrected chi connectivity index (χ0v) is 16.6. The standard InChI is InChI=1S/C22H27FN2O3/c1-4-13-24-22(27)17(3)25(14-18-10-6-5-9-16(18)2)21(26)15-28-20-12-8-7-11-19(20)23/h5-12,17H,4,13-15H2,1-3H3,(H,24,27)/t17-/m0/s1. The van der Waals surface area contributed by atoms with E-state index in [1.54, 1.807) is 19.1 Å². The van der Waals surface area contributed by atoms with Crippen LogP contribution in [0.1, 0.15) is 31.4 Å². The van der Waals surface area contributed by atoms with Crippen LogP contribution in [0.15, 0.2) is 48.5 Å². The van der Waals surface area contributed by atoms with Crippen molar-refractivity contribution >= 4 is 11.8 Å². The second kappa shape index (κ2) is 10.4. The third kappa shape index (κ3) is 5.81. The van der Waals surface area contributed by atoms with Crippen LogP contribution in [-0.4, -0.2) is 35.9 Å². The minimum Gasteiger partial charge on any atom is -0.481 e. The van der Waals surface area contributed by atoms with Crippen molar-refractivity contribution < 1.29 is 18.7 Å². The number of nitrogens with one attached hydrogen (secondary N) is 1. The molecule has 0 radical (unpaired) electrons. The highest BCUT2D eigenvalue weighted by Gasteiger charge is 2.26. The molecule has 0 aliphatic heterocycles. The summed E-state index contributed by atoms with van der Waals surface area (Å²) in [4.78, 5) is 26.8. The van der Waals surface area contributed by atoms with E-state index in [9.17, 15) is 14.0 Å². The Bertz CT molecular complexity index is 810. The van der Waals surface area contributed by atoms with E-state index in [1.165, 1.54) is 17.0 Å². The number of hydrogen-bond acceptors (Lipinski definition) is 3. The summed E-state index contributed by atoms with van der Waals surface area (Å²) in [6.07, 6.45) is 0.806. The summed E-state index contributed by atoms with van der Waals surface area (Å²) in [5.41, 5.74) is 1.97. The molecule has 0 bridgehead atoms. The molecule has 1 N–H and O–H groups in total. The SMILES string of the molecule is CCCNC(=O)[C@H](C)N(Cc1ccccc1C)C(=O)COc1ccccc1F. The molecule has 0 heterocycles. The minimum absolute atomic E-state index is 0.00905. The van der Waals surface area contributed by atoms with E-state index in [0.29, 0.717) is 6.54 Å². The number of ether oxygens (including phenoxy) is 1. The molecule has 0 aromatic heterocycles. The topological polar surface area (TPSA) is 58.6 Å². The zero-order valence-electron chi connectivity index (χ0n) is 16.6. The van der Waals surface area contributed by atoms with Crippen LogP contribution in [0.25, 0.3) is 0 Å². The van der Waals surface area contributed by atoms with Crippen molar-refractivity contribution in [2.24, 2.45) is 0 Å². The van der Waals surface area contributed by atoms with Crippen LogP contribution in [0.4, 0.5) is 4.39 Å². The van der Waals surface area contributed by atoms with Gasteiger partial charge in [-0.1, -0.05) is 43.3 Å². The summed E-state index contributed by atoms with van der Waals surface area (Å²) in [7, 11) is 0. The fourth-order valence-corrected chi connectivity index (χ4v) is 2.73. The highest BCUT2D eigenvalue weighted by molar-refractivity contribution is 5.87. The van der Waals surface area contributed by atoms with E-state index in [-0.39, 0.29) is 30.7 Å². The Kier molecular flexibility index (Phi) is 7.99. The minimum atomic E-state index is -0.678. The fourth-order valence-electron chi connectivity index (χ4n) is 2.73. The second-order valence-electron chi connectivity index (χ2n) is 6.63. The van der Waals surface area contributed by atoms with Gasteiger partial charge < -0.3 is 15.0 Å². The van der Waals surface area contributed by atoms with Gasteiger partial charge in [0, 0.05) is 13.1 Å². The molecule has 6 heteroatoms. The first kappa shape index (κ1) is 21.4. The zero-order chi connectivity index (χ0) is 20.5. The van der Waals surface area contributed by atoms with E-state index in [4.69, 9.17) is 4.74 Å². The van der Waals surface area contributed by atoms with E-state index < -0.39 is 11.9 Å². The molecule has 0 saturated heterocycles. The predicted molar refractivity (Wildman–Crippen MR) is 106 cm³/mol. The van der Waals surface area contributed by atoms with Crippen molar-refractivity contribution in [3.8, 4) is 5.75 Å². The lowest BCUT2D eigenvalue weighted by Crippen LogP contribution is -2.49. The summed E-state index contributed by atoms with van der Waals surface area (Å²) in [5.74, 6) is -1.13. The lowest BCUT2D eigenvalue weighted by atomic mass is 10.1. The summed E-state index contributed by atoms with van der Waals surface area (Å²) >= 11 is 0. The maximum atomic E-state index is 13.8. The molecule has 0 saturated carbocycles. The quantitative estimate of drug-likeness (QED) is 0.718. The molecule has 2 amide bonds. The van der Waals surface area contributed by atoms with Crippen molar-refractivity contribution in [1.82, 2.24) is 10.2 Å². The third-order valence-electron chi connectivity index (χ3n) is 4.51. The second-order valence-corrected chi connectivity index (χ2v) is 6.63.